The molecule has 8 nitrogen and oxygen atoms in total. The molecule has 1 aliphatic carbocycles. The summed E-state index contributed by atoms with van der Waals surface area (Å²) in [5.41, 5.74) is 0. The lowest BCUT2D eigenvalue weighted by Crippen LogP contribution is -2.36. The number of hydrogen-bond acceptors (Lipinski definition) is 8. The molecular formula is C24H34O8. The van der Waals surface area contributed by atoms with Gasteiger partial charge in [-0.05, 0) is 45.1 Å². The van der Waals surface area contributed by atoms with Crippen LogP contribution in [0, 0.1) is 5.92 Å². The second kappa shape index (κ2) is 10.9. The first-order chi connectivity index (χ1) is 15.6. The molecule has 4 rings (SSSR count). The highest BCUT2D eigenvalue weighted by atomic mass is 16.8. The van der Waals surface area contributed by atoms with E-state index in [9.17, 15) is 9.59 Å². The fourth-order valence-corrected chi connectivity index (χ4v) is 4.72. The van der Waals surface area contributed by atoms with Crippen LogP contribution in [0.5, 0.6) is 0 Å². The van der Waals surface area contributed by atoms with Crippen molar-refractivity contribution < 1.29 is 38.0 Å². The molecule has 3 aliphatic heterocycles. The van der Waals surface area contributed by atoms with Crippen molar-refractivity contribution in [1.82, 2.24) is 0 Å². The number of ether oxygens (including phenoxy) is 6. The Kier molecular flexibility index (Phi) is 7.99. The zero-order chi connectivity index (χ0) is 22.4. The van der Waals surface area contributed by atoms with Crippen LogP contribution < -0.4 is 0 Å². The molecule has 0 aromatic heterocycles. The van der Waals surface area contributed by atoms with Crippen molar-refractivity contribution >= 4 is 11.9 Å². The van der Waals surface area contributed by atoms with Crippen molar-refractivity contribution in [3.8, 4) is 0 Å². The number of allylic oxidation sites excluding steroid dienone is 1. The van der Waals surface area contributed by atoms with Crippen LogP contribution in [0.2, 0.25) is 0 Å². The molecule has 3 saturated heterocycles. The first-order valence-electron chi connectivity index (χ1n) is 11.9. The van der Waals surface area contributed by atoms with E-state index in [2.05, 4.69) is 0 Å². The zero-order valence-corrected chi connectivity index (χ0v) is 18.7. The topological polar surface area (TPSA) is 89.5 Å². The summed E-state index contributed by atoms with van der Waals surface area (Å²) in [7, 11) is 0. The molecule has 1 saturated carbocycles. The van der Waals surface area contributed by atoms with Gasteiger partial charge in [0.05, 0.1) is 5.92 Å². The summed E-state index contributed by atoms with van der Waals surface area (Å²) in [6, 6.07) is 0. The third-order valence-corrected chi connectivity index (χ3v) is 6.42. The molecule has 4 fully saturated rings. The Morgan fingerprint density at radius 2 is 1.88 bits per heavy atom. The average molecular weight is 451 g/mol. The summed E-state index contributed by atoms with van der Waals surface area (Å²) < 4.78 is 34.3. The molecule has 0 bridgehead atoms. The van der Waals surface area contributed by atoms with Crippen LogP contribution in [0.25, 0.3) is 0 Å². The number of cyclic esters (lactones) is 1. The Hall–Kier alpha value is -1.74. The Labute approximate surface area is 189 Å². The van der Waals surface area contributed by atoms with E-state index >= 15 is 0 Å². The summed E-state index contributed by atoms with van der Waals surface area (Å²) in [5.74, 6) is -1.82. The monoisotopic (exact) mass is 450 g/mol. The molecule has 178 valence electrons. The van der Waals surface area contributed by atoms with Gasteiger partial charge in [0.1, 0.15) is 25.4 Å². The molecule has 3 heterocycles. The lowest BCUT2D eigenvalue weighted by Gasteiger charge is -2.31. The van der Waals surface area contributed by atoms with Crippen LogP contribution in [0.15, 0.2) is 24.3 Å². The molecule has 0 aromatic rings. The number of rotatable bonds is 7. The maximum Gasteiger partial charge on any atom is 0.335 e. The summed E-state index contributed by atoms with van der Waals surface area (Å²) >= 11 is 0. The maximum atomic E-state index is 12.4. The van der Waals surface area contributed by atoms with Crippen LogP contribution in [0.3, 0.4) is 0 Å². The fraction of sp³-hybridized carbons (Fsp3) is 0.750. The zero-order valence-electron chi connectivity index (χ0n) is 18.7. The van der Waals surface area contributed by atoms with Gasteiger partial charge >= 0.3 is 11.9 Å². The van der Waals surface area contributed by atoms with Crippen molar-refractivity contribution in [2.24, 2.45) is 5.92 Å². The van der Waals surface area contributed by atoms with Crippen molar-refractivity contribution in [2.45, 2.75) is 88.7 Å². The first-order valence-corrected chi connectivity index (χ1v) is 11.9. The Bertz CT molecular complexity index is 705. The van der Waals surface area contributed by atoms with Gasteiger partial charge in [-0.2, -0.15) is 0 Å². The smallest absolute Gasteiger partial charge is 0.335 e. The molecule has 4 aliphatic rings. The van der Waals surface area contributed by atoms with Crippen molar-refractivity contribution in [2.75, 3.05) is 19.8 Å². The van der Waals surface area contributed by atoms with E-state index in [1.807, 2.05) is 19.1 Å². The van der Waals surface area contributed by atoms with Crippen molar-refractivity contribution in [3.05, 3.63) is 24.3 Å². The highest BCUT2D eigenvalue weighted by molar-refractivity contribution is 5.82. The van der Waals surface area contributed by atoms with Crippen LogP contribution in [0.1, 0.15) is 58.3 Å². The van der Waals surface area contributed by atoms with Gasteiger partial charge in [0, 0.05) is 25.5 Å². The van der Waals surface area contributed by atoms with Crippen molar-refractivity contribution in [1.29, 1.82) is 0 Å². The molecule has 1 spiro atoms. The normalized spacial score (nSPS) is 35.0. The molecule has 0 radical (unpaired) electrons. The standard InChI is InChI=1S/C24H34O8/c1-2-8-18-19(32-24(31-18)12-5-3-6-13-24)10-11-20(25)28-15-17-16-29-23(26)22(17)30-21-9-4-7-14-27-21/h2,8,10-11,17-19,21-22H,3-7,9,12-16H2,1H3/b8-2+,11-10+/t17-,18-,19+,21?,22+/m0/s1. The SMILES string of the molecule is C/C=C/[C@@H]1OC2(CCCCC2)O[C@@H]1/C=C/C(=O)OC[C@H]1COC(=O)[C@@H]1OC1CCCCO1. The number of hydrogen-bond donors (Lipinski definition) is 0. The molecule has 0 N–H and O–H groups in total. The largest absolute Gasteiger partial charge is 0.463 e. The highest BCUT2D eigenvalue weighted by Gasteiger charge is 2.46. The summed E-state index contributed by atoms with van der Waals surface area (Å²) in [4.78, 5) is 24.4. The molecule has 0 aromatic carbocycles. The summed E-state index contributed by atoms with van der Waals surface area (Å²) in [6.07, 6.45) is 13.1. The van der Waals surface area contributed by atoms with E-state index in [-0.39, 0.29) is 31.3 Å². The predicted octanol–water partition coefficient (Wildman–Crippen LogP) is 3.19. The minimum atomic E-state index is -0.772. The number of carbonyl (C=O) groups is 2. The van der Waals surface area contributed by atoms with Crippen LogP contribution in [-0.2, 0) is 38.0 Å². The molecule has 5 atom stereocenters. The summed E-state index contributed by atoms with van der Waals surface area (Å²) in [5, 5.41) is 0. The highest BCUT2D eigenvalue weighted by Crippen LogP contribution is 2.41. The second-order valence-corrected chi connectivity index (χ2v) is 8.89. The van der Waals surface area contributed by atoms with Gasteiger partial charge in [-0.1, -0.05) is 18.6 Å². The number of esters is 2. The van der Waals surface area contributed by atoms with E-state index in [4.69, 9.17) is 28.4 Å². The van der Waals surface area contributed by atoms with E-state index in [0.717, 1.165) is 44.9 Å². The van der Waals surface area contributed by atoms with Gasteiger partial charge in [0.2, 0.25) is 0 Å². The van der Waals surface area contributed by atoms with E-state index in [1.54, 1.807) is 6.08 Å². The quantitative estimate of drug-likeness (QED) is 0.332. The van der Waals surface area contributed by atoms with Gasteiger partial charge in [-0.25, -0.2) is 9.59 Å². The van der Waals surface area contributed by atoms with Crippen LogP contribution in [-0.4, -0.2) is 62.1 Å². The van der Waals surface area contributed by atoms with Gasteiger partial charge in [0.15, 0.2) is 18.2 Å². The molecule has 32 heavy (non-hydrogen) atoms. The Morgan fingerprint density at radius 1 is 1.09 bits per heavy atom. The molecule has 8 heteroatoms. The van der Waals surface area contributed by atoms with Gasteiger partial charge in [-0.15, -0.1) is 0 Å². The third-order valence-electron chi connectivity index (χ3n) is 6.42. The number of carbonyl (C=O) groups excluding carboxylic acids is 2. The fourth-order valence-electron chi connectivity index (χ4n) is 4.72. The molecule has 0 amide bonds. The van der Waals surface area contributed by atoms with Gasteiger partial charge < -0.3 is 28.4 Å². The minimum Gasteiger partial charge on any atom is -0.463 e. The van der Waals surface area contributed by atoms with Crippen LogP contribution in [0.4, 0.5) is 0 Å². The first kappa shape index (κ1) is 23.4. The minimum absolute atomic E-state index is 0.0382. The maximum absolute atomic E-state index is 12.4. The Balaban J connectivity index is 1.28. The van der Waals surface area contributed by atoms with Gasteiger partial charge in [0.25, 0.3) is 0 Å². The summed E-state index contributed by atoms with van der Waals surface area (Å²) in [6.45, 7) is 2.76. The van der Waals surface area contributed by atoms with Crippen LogP contribution >= 0.6 is 0 Å². The van der Waals surface area contributed by atoms with E-state index < -0.39 is 30.1 Å². The molecular weight excluding hydrogens is 416 g/mol. The Morgan fingerprint density at radius 3 is 2.59 bits per heavy atom. The average Bonchev–Trinajstić information content (AvgIpc) is 3.32. The van der Waals surface area contributed by atoms with E-state index in [0.29, 0.717) is 6.61 Å². The van der Waals surface area contributed by atoms with Crippen molar-refractivity contribution in [3.63, 3.8) is 0 Å². The van der Waals surface area contributed by atoms with Gasteiger partial charge in [-0.3, -0.25) is 0 Å². The van der Waals surface area contributed by atoms with E-state index in [1.165, 1.54) is 12.5 Å². The third kappa shape index (κ3) is 5.78. The lowest BCUT2D eigenvalue weighted by atomic mass is 9.94. The lowest BCUT2D eigenvalue weighted by molar-refractivity contribution is -0.200. The predicted molar refractivity (Wildman–Crippen MR) is 113 cm³/mol. The molecule has 1 unspecified atom stereocenters. The second-order valence-electron chi connectivity index (χ2n) is 8.89.